The standard InChI is InChI=1S/C21H28N6O/c1-15(22-13-17-8-9-19-20(12-17)26-28-25-19)18-14-23-21(24-16(18)2)27-10-6-4-3-5-7-11-27/h8-9,12,14-15,22H,3-7,10-11,13H2,1-2H3. The molecule has 1 aliphatic heterocycles. The quantitative estimate of drug-likeness (QED) is 0.718. The van der Waals surface area contributed by atoms with Crippen molar-refractivity contribution >= 4 is 17.0 Å². The molecule has 1 N–H and O–H groups in total. The van der Waals surface area contributed by atoms with Gasteiger partial charge in [-0.25, -0.2) is 14.6 Å². The molecule has 3 aromatic rings. The molecular formula is C21H28N6O. The van der Waals surface area contributed by atoms with E-state index in [1.807, 2.05) is 24.4 Å². The second kappa shape index (κ2) is 8.65. The number of anilines is 1. The van der Waals surface area contributed by atoms with Crippen molar-refractivity contribution in [2.75, 3.05) is 18.0 Å². The predicted molar refractivity (Wildman–Crippen MR) is 109 cm³/mol. The third-order valence-corrected chi connectivity index (χ3v) is 5.54. The Balaban J connectivity index is 1.41. The molecule has 0 amide bonds. The zero-order chi connectivity index (χ0) is 19.3. The van der Waals surface area contributed by atoms with Gasteiger partial charge in [0.1, 0.15) is 11.0 Å². The van der Waals surface area contributed by atoms with E-state index in [1.165, 1.54) is 32.1 Å². The summed E-state index contributed by atoms with van der Waals surface area (Å²) in [6, 6.07) is 6.13. The summed E-state index contributed by atoms with van der Waals surface area (Å²) in [6.45, 7) is 7.09. The van der Waals surface area contributed by atoms with Gasteiger partial charge >= 0.3 is 0 Å². The lowest BCUT2D eigenvalue weighted by molar-refractivity contribution is 0.315. The normalized spacial score (nSPS) is 16.7. The van der Waals surface area contributed by atoms with Crippen molar-refractivity contribution < 1.29 is 4.63 Å². The molecule has 0 spiro atoms. The van der Waals surface area contributed by atoms with Crippen molar-refractivity contribution in [1.82, 2.24) is 25.6 Å². The first-order valence-electron chi connectivity index (χ1n) is 10.2. The molecule has 4 rings (SSSR count). The van der Waals surface area contributed by atoms with Crippen LogP contribution in [-0.4, -0.2) is 33.4 Å². The molecule has 1 aliphatic rings. The Morgan fingerprint density at radius 3 is 2.61 bits per heavy atom. The lowest BCUT2D eigenvalue weighted by Crippen LogP contribution is -2.29. The van der Waals surface area contributed by atoms with Crippen LogP contribution in [0.5, 0.6) is 0 Å². The van der Waals surface area contributed by atoms with Gasteiger partial charge in [-0.1, -0.05) is 25.3 Å². The average molecular weight is 380 g/mol. The average Bonchev–Trinajstić information content (AvgIpc) is 3.13. The maximum Gasteiger partial charge on any atom is 0.225 e. The van der Waals surface area contributed by atoms with Crippen molar-refractivity contribution in [1.29, 1.82) is 0 Å². The smallest absolute Gasteiger partial charge is 0.225 e. The Labute approximate surface area is 165 Å². The molecule has 1 atom stereocenters. The van der Waals surface area contributed by atoms with Crippen LogP contribution in [0.2, 0.25) is 0 Å². The molecule has 2 aromatic heterocycles. The maximum absolute atomic E-state index is 4.82. The largest absolute Gasteiger partial charge is 0.341 e. The van der Waals surface area contributed by atoms with E-state index in [1.54, 1.807) is 0 Å². The summed E-state index contributed by atoms with van der Waals surface area (Å²) in [5, 5.41) is 11.3. The number of hydrogen-bond acceptors (Lipinski definition) is 7. The van der Waals surface area contributed by atoms with Gasteiger partial charge in [-0.2, -0.15) is 0 Å². The summed E-state index contributed by atoms with van der Waals surface area (Å²) in [6.07, 6.45) is 8.42. The van der Waals surface area contributed by atoms with Gasteiger partial charge in [-0.05, 0) is 54.7 Å². The van der Waals surface area contributed by atoms with Crippen LogP contribution in [0.4, 0.5) is 5.95 Å². The third kappa shape index (κ3) is 4.30. The van der Waals surface area contributed by atoms with Crippen molar-refractivity contribution in [2.24, 2.45) is 0 Å². The molecule has 0 radical (unpaired) electrons. The van der Waals surface area contributed by atoms with Crippen LogP contribution < -0.4 is 10.2 Å². The summed E-state index contributed by atoms with van der Waals surface area (Å²) in [5.74, 6) is 0.874. The fourth-order valence-electron chi connectivity index (χ4n) is 3.81. The van der Waals surface area contributed by atoms with E-state index in [-0.39, 0.29) is 6.04 Å². The van der Waals surface area contributed by atoms with Gasteiger partial charge < -0.3 is 10.2 Å². The van der Waals surface area contributed by atoms with Crippen LogP contribution in [0.1, 0.15) is 61.9 Å². The highest BCUT2D eigenvalue weighted by atomic mass is 16.6. The van der Waals surface area contributed by atoms with Crippen molar-refractivity contribution in [2.45, 2.75) is 58.5 Å². The number of rotatable bonds is 5. The minimum Gasteiger partial charge on any atom is -0.341 e. The van der Waals surface area contributed by atoms with Crippen molar-refractivity contribution in [3.05, 3.63) is 41.2 Å². The molecule has 0 aliphatic carbocycles. The van der Waals surface area contributed by atoms with Crippen LogP contribution in [0.3, 0.4) is 0 Å². The Kier molecular flexibility index (Phi) is 5.81. The summed E-state index contributed by atoms with van der Waals surface area (Å²) in [7, 11) is 0. The summed E-state index contributed by atoms with van der Waals surface area (Å²) in [4.78, 5) is 11.9. The van der Waals surface area contributed by atoms with E-state index in [0.29, 0.717) is 0 Å². The lowest BCUT2D eigenvalue weighted by Gasteiger charge is -2.25. The second-order valence-corrected chi connectivity index (χ2v) is 7.66. The molecule has 3 heterocycles. The monoisotopic (exact) mass is 380 g/mol. The number of nitrogens with zero attached hydrogens (tertiary/aromatic N) is 5. The van der Waals surface area contributed by atoms with Gasteiger partial charge in [0.05, 0.1) is 0 Å². The number of benzene rings is 1. The molecule has 7 heteroatoms. The predicted octanol–water partition coefficient (Wildman–Crippen LogP) is 3.94. The Bertz CT molecular complexity index is 916. The molecule has 1 unspecified atom stereocenters. The third-order valence-electron chi connectivity index (χ3n) is 5.54. The molecule has 0 saturated carbocycles. The molecule has 148 valence electrons. The van der Waals surface area contributed by atoms with Crippen molar-refractivity contribution in [3.63, 3.8) is 0 Å². The van der Waals surface area contributed by atoms with Gasteiger partial charge in [-0.3, -0.25) is 0 Å². The first-order valence-corrected chi connectivity index (χ1v) is 10.2. The SMILES string of the molecule is Cc1nc(N2CCCCCCC2)ncc1C(C)NCc1ccc2nonc2c1. The highest BCUT2D eigenvalue weighted by Crippen LogP contribution is 2.21. The summed E-state index contributed by atoms with van der Waals surface area (Å²) < 4.78 is 4.77. The van der Waals surface area contributed by atoms with E-state index in [0.717, 1.165) is 53.4 Å². The fraction of sp³-hybridized carbons (Fsp3) is 0.524. The summed E-state index contributed by atoms with van der Waals surface area (Å²) >= 11 is 0. The molecular weight excluding hydrogens is 352 g/mol. The molecule has 28 heavy (non-hydrogen) atoms. The highest BCUT2D eigenvalue weighted by Gasteiger charge is 2.15. The first kappa shape index (κ1) is 18.8. The van der Waals surface area contributed by atoms with Gasteiger partial charge in [-0.15, -0.1) is 0 Å². The number of aryl methyl sites for hydroxylation is 1. The fourth-order valence-corrected chi connectivity index (χ4v) is 3.81. The molecule has 1 fully saturated rings. The Morgan fingerprint density at radius 1 is 1.07 bits per heavy atom. The number of aromatic nitrogens is 4. The van der Waals surface area contributed by atoms with Crippen LogP contribution >= 0.6 is 0 Å². The lowest BCUT2D eigenvalue weighted by atomic mass is 10.1. The van der Waals surface area contributed by atoms with Crippen LogP contribution in [0, 0.1) is 6.92 Å². The van der Waals surface area contributed by atoms with Crippen LogP contribution in [-0.2, 0) is 6.54 Å². The molecule has 1 saturated heterocycles. The minimum atomic E-state index is 0.160. The number of hydrogen-bond donors (Lipinski definition) is 1. The van der Waals surface area contributed by atoms with E-state index >= 15 is 0 Å². The number of fused-ring (bicyclic) bond motifs is 1. The first-order chi connectivity index (χ1) is 13.7. The number of nitrogens with one attached hydrogen (secondary N) is 1. The maximum atomic E-state index is 4.82. The van der Waals surface area contributed by atoms with E-state index in [9.17, 15) is 0 Å². The molecule has 7 nitrogen and oxygen atoms in total. The zero-order valence-electron chi connectivity index (χ0n) is 16.7. The van der Waals surface area contributed by atoms with Gasteiger partial charge in [0.15, 0.2) is 0 Å². The van der Waals surface area contributed by atoms with E-state index in [4.69, 9.17) is 9.61 Å². The molecule has 0 bridgehead atoms. The van der Waals surface area contributed by atoms with Crippen molar-refractivity contribution in [3.8, 4) is 0 Å². The van der Waals surface area contributed by atoms with E-state index < -0.39 is 0 Å². The Morgan fingerprint density at radius 2 is 1.82 bits per heavy atom. The van der Waals surface area contributed by atoms with Crippen LogP contribution in [0.25, 0.3) is 11.0 Å². The molecule has 1 aromatic carbocycles. The summed E-state index contributed by atoms with van der Waals surface area (Å²) in [5.41, 5.74) is 4.89. The van der Waals surface area contributed by atoms with Gasteiger partial charge in [0.2, 0.25) is 5.95 Å². The second-order valence-electron chi connectivity index (χ2n) is 7.66. The topological polar surface area (TPSA) is 80.0 Å². The Hall–Kier alpha value is -2.54. The highest BCUT2D eigenvalue weighted by molar-refractivity contribution is 5.73. The van der Waals surface area contributed by atoms with Gasteiger partial charge in [0.25, 0.3) is 0 Å². The van der Waals surface area contributed by atoms with Crippen LogP contribution in [0.15, 0.2) is 29.0 Å². The van der Waals surface area contributed by atoms with E-state index in [2.05, 4.69) is 39.4 Å². The minimum absolute atomic E-state index is 0.160. The van der Waals surface area contributed by atoms with Gasteiger partial charge in [0, 0.05) is 43.1 Å². The zero-order valence-corrected chi connectivity index (χ0v) is 16.7.